The molecule has 6 heteroatoms. The quantitative estimate of drug-likeness (QED) is 0.478. The Balaban J connectivity index is 1.16. The van der Waals surface area contributed by atoms with Gasteiger partial charge >= 0.3 is 6.03 Å². The van der Waals surface area contributed by atoms with Gasteiger partial charge in [0, 0.05) is 43.9 Å². The molecule has 2 amide bonds. The van der Waals surface area contributed by atoms with Crippen molar-refractivity contribution in [2.24, 2.45) is 0 Å². The molecule has 1 N–H and O–H groups in total. The lowest BCUT2D eigenvalue weighted by atomic mass is 10.1. The molecular formula is C27H24N4O2. The van der Waals surface area contributed by atoms with Crippen LogP contribution in [-0.2, 0) is 6.54 Å². The molecule has 1 aromatic heterocycles. The SMILES string of the molecule is O=C(Nc1noc2ccccc12)N1CCN(Cc2cccc(C#Cc3ccccc3)c2)CC1. The van der Waals surface area contributed by atoms with Crippen LogP contribution in [0.4, 0.5) is 10.6 Å². The fourth-order valence-corrected chi connectivity index (χ4v) is 3.94. The predicted molar refractivity (Wildman–Crippen MR) is 129 cm³/mol. The number of aromatic nitrogens is 1. The fraction of sp³-hybridized carbons (Fsp3) is 0.185. The highest BCUT2D eigenvalue weighted by Crippen LogP contribution is 2.22. The molecule has 0 bridgehead atoms. The van der Waals surface area contributed by atoms with Crippen LogP contribution in [0.5, 0.6) is 0 Å². The predicted octanol–water partition coefficient (Wildman–Crippen LogP) is 4.58. The highest BCUT2D eigenvalue weighted by atomic mass is 16.5. The number of rotatable bonds is 3. The van der Waals surface area contributed by atoms with E-state index in [0.717, 1.165) is 36.1 Å². The van der Waals surface area contributed by atoms with Crippen molar-refractivity contribution in [2.75, 3.05) is 31.5 Å². The lowest BCUT2D eigenvalue weighted by molar-refractivity contribution is 0.143. The summed E-state index contributed by atoms with van der Waals surface area (Å²) in [6.07, 6.45) is 0. The summed E-state index contributed by atoms with van der Waals surface area (Å²) in [5.74, 6) is 6.93. The lowest BCUT2D eigenvalue weighted by Gasteiger charge is -2.34. The van der Waals surface area contributed by atoms with Gasteiger partial charge < -0.3 is 9.42 Å². The van der Waals surface area contributed by atoms with E-state index >= 15 is 0 Å². The molecule has 0 unspecified atom stereocenters. The minimum absolute atomic E-state index is 0.146. The molecular weight excluding hydrogens is 412 g/mol. The van der Waals surface area contributed by atoms with Crippen LogP contribution in [0, 0.1) is 11.8 Å². The maximum absolute atomic E-state index is 12.7. The maximum Gasteiger partial charge on any atom is 0.323 e. The summed E-state index contributed by atoms with van der Waals surface area (Å²) in [4.78, 5) is 16.9. The van der Waals surface area contributed by atoms with E-state index in [4.69, 9.17) is 4.52 Å². The van der Waals surface area contributed by atoms with Crippen LogP contribution in [0.3, 0.4) is 0 Å². The van der Waals surface area contributed by atoms with Gasteiger partial charge in [-0.2, -0.15) is 0 Å². The number of hydrogen-bond acceptors (Lipinski definition) is 4. The number of nitrogens with zero attached hydrogens (tertiary/aromatic N) is 3. The topological polar surface area (TPSA) is 61.6 Å². The standard InChI is InChI=1S/C27H24N4O2/c32-27(28-26-24-11-4-5-12-25(24)33-29-26)31-17-15-30(16-18-31)20-23-10-6-9-22(19-23)14-13-21-7-2-1-3-8-21/h1-12,19H,15-18,20H2,(H,28,29,32). The zero-order valence-corrected chi connectivity index (χ0v) is 18.2. The summed E-state index contributed by atoms with van der Waals surface area (Å²) in [5, 5.41) is 7.68. The monoisotopic (exact) mass is 436 g/mol. The van der Waals surface area contributed by atoms with Crippen molar-refractivity contribution in [1.29, 1.82) is 0 Å². The van der Waals surface area contributed by atoms with Gasteiger partial charge in [-0.25, -0.2) is 4.79 Å². The molecule has 0 aliphatic carbocycles. The molecule has 6 nitrogen and oxygen atoms in total. The van der Waals surface area contributed by atoms with Crippen molar-refractivity contribution in [1.82, 2.24) is 15.0 Å². The third kappa shape index (κ3) is 5.05. The minimum Gasteiger partial charge on any atom is -0.354 e. The first kappa shape index (κ1) is 20.8. The van der Waals surface area contributed by atoms with Crippen molar-refractivity contribution in [3.8, 4) is 11.8 Å². The van der Waals surface area contributed by atoms with Crippen LogP contribution >= 0.6 is 0 Å². The Labute approximate surface area is 192 Å². The number of para-hydroxylation sites is 1. The number of carbonyl (C=O) groups excluding carboxylic acids is 1. The first-order valence-electron chi connectivity index (χ1n) is 11.0. The molecule has 164 valence electrons. The number of benzene rings is 3. The Hall–Kier alpha value is -4.08. The Morgan fingerprint density at radius 3 is 2.45 bits per heavy atom. The van der Waals surface area contributed by atoms with Crippen molar-refractivity contribution < 1.29 is 9.32 Å². The molecule has 33 heavy (non-hydrogen) atoms. The van der Waals surface area contributed by atoms with Crippen LogP contribution in [0.2, 0.25) is 0 Å². The summed E-state index contributed by atoms with van der Waals surface area (Å²) < 4.78 is 5.27. The molecule has 0 radical (unpaired) electrons. The van der Waals surface area contributed by atoms with Gasteiger partial charge in [-0.05, 0) is 42.0 Å². The van der Waals surface area contributed by atoms with E-state index in [1.54, 1.807) is 0 Å². The molecule has 5 rings (SSSR count). The lowest BCUT2D eigenvalue weighted by Crippen LogP contribution is -2.49. The van der Waals surface area contributed by atoms with Gasteiger partial charge in [0.2, 0.25) is 0 Å². The average Bonchev–Trinajstić information content (AvgIpc) is 3.27. The molecule has 0 saturated carbocycles. The van der Waals surface area contributed by atoms with E-state index in [9.17, 15) is 4.79 Å². The van der Waals surface area contributed by atoms with Crippen LogP contribution in [0.25, 0.3) is 11.0 Å². The van der Waals surface area contributed by atoms with Gasteiger partial charge in [0.05, 0.1) is 5.39 Å². The number of amides is 2. The average molecular weight is 437 g/mol. The number of hydrogen-bond donors (Lipinski definition) is 1. The first-order valence-corrected chi connectivity index (χ1v) is 11.0. The fourth-order valence-electron chi connectivity index (χ4n) is 3.94. The summed E-state index contributed by atoms with van der Waals surface area (Å²) in [6.45, 7) is 3.79. The molecule has 1 saturated heterocycles. The summed E-state index contributed by atoms with van der Waals surface area (Å²) in [5.41, 5.74) is 3.90. The molecule has 1 fully saturated rings. The third-order valence-electron chi connectivity index (χ3n) is 5.72. The molecule has 2 heterocycles. The molecule has 0 atom stereocenters. The van der Waals surface area contributed by atoms with Crippen LogP contribution in [-0.4, -0.2) is 47.2 Å². The zero-order valence-electron chi connectivity index (χ0n) is 18.2. The number of anilines is 1. The van der Waals surface area contributed by atoms with E-state index < -0.39 is 0 Å². The zero-order chi connectivity index (χ0) is 22.5. The van der Waals surface area contributed by atoms with Crippen molar-refractivity contribution in [2.45, 2.75) is 6.54 Å². The summed E-state index contributed by atoms with van der Waals surface area (Å²) in [6, 6.07) is 25.7. The minimum atomic E-state index is -0.146. The second kappa shape index (κ2) is 9.60. The van der Waals surface area contributed by atoms with E-state index in [0.29, 0.717) is 24.5 Å². The van der Waals surface area contributed by atoms with Crippen molar-refractivity contribution in [3.05, 3.63) is 95.6 Å². The normalized spacial score (nSPS) is 14.0. The second-order valence-corrected chi connectivity index (χ2v) is 8.04. The highest BCUT2D eigenvalue weighted by Gasteiger charge is 2.22. The number of nitrogens with one attached hydrogen (secondary N) is 1. The van der Waals surface area contributed by atoms with Crippen LogP contribution in [0.15, 0.2) is 83.4 Å². The van der Waals surface area contributed by atoms with E-state index in [-0.39, 0.29) is 6.03 Å². The number of fused-ring (bicyclic) bond motifs is 1. The molecule has 4 aromatic rings. The number of urea groups is 1. The third-order valence-corrected chi connectivity index (χ3v) is 5.72. The molecule has 1 aliphatic heterocycles. The summed E-state index contributed by atoms with van der Waals surface area (Å²) in [7, 11) is 0. The van der Waals surface area contributed by atoms with Gasteiger partial charge in [-0.3, -0.25) is 10.2 Å². The van der Waals surface area contributed by atoms with Gasteiger partial charge in [-0.1, -0.05) is 59.5 Å². The number of carbonyl (C=O) groups is 1. The van der Waals surface area contributed by atoms with Gasteiger partial charge in [-0.15, -0.1) is 0 Å². The van der Waals surface area contributed by atoms with E-state index in [2.05, 4.69) is 45.4 Å². The van der Waals surface area contributed by atoms with Gasteiger partial charge in [0.1, 0.15) is 0 Å². The maximum atomic E-state index is 12.7. The molecule has 3 aromatic carbocycles. The Bertz CT molecular complexity index is 1310. The van der Waals surface area contributed by atoms with Crippen molar-refractivity contribution in [3.63, 3.8) is 0 Å². The van der Waals surface area contributed by atoms with Crippen LogP contribution < -0.4 is 5.32 Å². The molecule has 0 spiro atoms. The second-order valence-electron chi connectivity index (χ2n) is 8.04. The van der Waals surface area contributed by atoms with E-state index in [1.165, 1.54) is 5.56 Å². The molecule has 1 aliphatic rings. The largest absolute Gasteiger partial charge is 0.354 e. The smallest absolute Gasteiger partial charge is 0.323 e. The van der Waals surface area contributed by atoms with Gasteiger partial charge in [0.15, 0.2) is 11.4 Å². The van der Waals surface area contributed by atoms with E-state index in [1.807, 2.05) is 65.6 Å². The van der Waals surface area contributed by atoms with Crippen molar-refractivity contribution >= 4 is 22.8 Å². The Morgan fingerprint density at radius 1 is 0.879 bits per heavy atom. The number of piperazine rings is 1. The van der Waals surface area contributed by atoms with Gasteiger partial charge in [0.25, 0.3) is 0 Å². The first-order chi connectivity index (χ1) is 16.2. The Morgan fingerprint density at radius 2 is 1.61 bits per heavy atom. The van der Waals surface area contributed by atoms with Crippen LogP contribution in [0.1, 0.15) is 16.7 Å². The summed E-state index contributed by atoms with van der Waals surface area (Å²) >= 11 is 0. The highest BCUT2D eigenvalue weighted by molar-refractivity contribution is 5.98. The Kier molecular flexibility index (Phi) is 6.05.